The lowest BCUT2D eigenvalue weighted by Crippen LogP contribution is -2.18. The minimum atomic E-state index is -2.98. The molecular formula is C11H15Cl2NO2S. The Bertz CT molecular complexity index is 454. The Hall–Kier alpha value is -0.450. The largest absolute Gasteiger partial charge is 0.382 e. The molecule has 0 heterocycles. The summed E-state index contributed by atoms with van der Waals surface area (Å²) in [5.41, 5.74) is 0.586. The number of hydrogen-bond donors (Lipinski definition) is 1. The van der Waals surface area contributed by atoms with Gasteiger partial charge in [0.1, 0.15) is 0 Å². The third kappa shape index (κ3) is 4.74. The SMILES string of the molecule is CCCS(=O)(=O)CCNc1c(Cl)cccc1Cl. The van der Waals surface area contributed by atoms with Crippen LogP contribution in [0.1, 0.15) is 13.3 Å². The first-order valence-electron chi connectivity index (χ1n) is 5.34. The molecule has 0 spiro atoms. The second-order valence-corrected chi connectivity index (χ2v) is 6.79. The van der Waals surface area contributed by atoms with Crippen LogP contribution in [-0.4, -0.2) is 26.5 Å². The van der Waals surface area contributed by atoms with Crippen molar-refractivity contribution in [1.82, 2.24) is 0 Å². The molecular weight excluding hydrogens is 281 g/mol. The molecule has 0 saturated heterocycles. The van der Waals surface area contributed by atoms with Crippen molar-refractivity contribution < 1.29 is 8.42 Å². The van der Waals surface area contributed by atoms with Gasteiger partial charge in [0.15, 0.2) is 9.84 Å². The van der Waals surface area contributed by atoms with E-state index in [0.717, 1.165) is 0 Å². The average molecular weight is 296 g/mol. The van der Waals surface area contributed by atoms with E-state index in [1.807, 2.05) is 6.92 Å². The van der Waals surface area contributed by atoms with E-state index < -0.39 is 9.84 Å². The first-order valence-corrected chi connectivity index (χ1v) is 7.92. The van der Waals surface area contributed by atoms with E-state index in [1.165, 1.54) is 0 Å². The maximum absolute atomic E-state index is 11.5. The van der Waals surface area contributed by atoms with Gasteiger partial charge in [0.05, 0.1) is 21.5 Å². The van der Waals surface area contributed by atoms with Crippen LogP contribution in [0.3, 0.4) is 0 Å². The topological polar surface area (TPSA) is 46.2 Å². The molecule has 0 aromatic heterocycles. The van der Waals surface area contributed by atoms with Crippen molar-refractivity contribution in [1.29, 1.82) is 0 Å². The van der Waals surface area contributed by atoms with Gasteiger partial charge >= 0.3 is 0 Å². The van der Waals surface area contributed by atoms with Gasteiger partial charge in [-0.15, -0.1) is 0 Å². The summed E-state index contributed by atoms with van der Waals surface area (Å²) in [5.74, 6) is 0.299. The molecule has 17 heavy (non-hydrogen) atoms. The van der Waals surface area contributed by atoms with E-state index in [0.29, 0.717) is 28.7 Å². The number of rotatable bonds is 6. The van der Waals surface area contributed by atoms with E-state index >= 15 is 0 Å². The molecule has 0 radical (unpaired) electrons. The highest BCUT2D eigenvalue weighted by Crippen LogP contribution is 2.29. The Kier molecular flexibility index (Phi) is 5.56. The van der Waals surface area contributed by atoms with Crippen LogP contribution in [-0.2, 0) is 9.84 Å². The quantitative estimate of drug-likeness (QED) is 0.876. The molecule has 0 aliphatic carbocycles. The minimum absolute atomic E-state index is 0.0857. The van der Waals surface area contributed by atoms with E-state index in [9.17, 15) is 8.42 Å². The summed E-state index contributed by atoms with van der Waals surface area (Å²) in [7, 11) is -2.98. The van der Waals surface area contributed by atoms with Gasteiger partial charge < -0.3 is 5.32 Å². The molecule has 1 rings (SSSR count). The van der Waals surface area contributed by atoms with E-state index in [4.69, 9.17) is 23.2 Å². The van der Waals surface area contributed by atoms with E-state index in [2.05, 4.69) is 5.32 Å². The normalized spacial score (nSPS) is 11.5. The van der Waals surface area contributed by atoms with Crippen LogP contribution >= 0.6 is 23.2 Å². The number of benzene rings is 1. The lowest BCUT2D eigenvalue weighted by molar-refractivity contribution is 0.595. The predicted octanol–water partition coefficient (Wildman–Crippen LogP) is 3.23. The number of sulfone groups is 1. The summed E-state index contributed by atoms with van der Waals surface area (Å²) in [4.78, 5) is 0. The van der Waals surface area contributed by atoms with Crippen LogP contribution in [0.5, 0.6) is 0 Å². The summed E-state index contributed by atoms with van der Waals surface area (Å²) in [5, 5.41) is 3.93. The molecule has 0 aliphatic rings. The fraction of sp³-hybridized carbons (Fsp3) is 0.455. The first-order chi connectivity index (χ1) is 7.96. The summed E-state index contributed by atoms with van der Waals surface area (Å²) in [6, 6.07) is 5.15. The lowest BCUT2D eigenvalue weighted by Gasteiger charge is -2.10. The highest BCUT2D eigenvalue weighted by atomic mass is 35.5. The van der Waals surface area contributed by atoms with Gasteiger partial charge in [0.2, 0.25) is 0 Å². The van der Waals surface area contributed by atoms with Crippen molar-refractivity contribution in [3.05, 3.63) is 28.2 Å². The van der Waals surface area contributed by atoms with Crippen LogP contribution < -0.4 is 5.32 Å². The minimum Gasteiger partial charge on any atom is -0.382 e. The molecule has 0 fully saturated rings. The Labute approximate surface area is 112 Å². The monoisotopic (exact) mass is 295 g/mol. The highest BCUT2D eigenvalue weighted by molar-refractivity contribution is 7.91. The molecule has 0 aliphatic heterocycles. The van der Waals surface area contributed by atoms with Gasteiger partial charge in [-0.1, -0.05) is 36.2 Å². The lowest BCUT2D eigenvalue weighted by atomic mass is 10.3. The molecule has 1 N–H and O–H groups in total. The fourth-order valence-corrected chi connectivity index (χ4v) is 3.18. The standard InChI is InChI=1S/C11H15Cl2NO2S/c1-2-7-17(15,16)8-6-14-11-9(12)4-3-5-10(11)13/h3-5,14H,2,6-8H2,1H3. The molecule has 0 saturated carbocycles. The predicted molar refractivity (Wildman–Crippen MR) is 73.9 cm³/mol. The molecule has 0 bridgehead atoms. The van der Waals surface area contributed by atoms with Crippen molar-refractivity contribution in [2.75, 3.05) is 23.4 Å². The Balaban J connectivity index is 2.57. The van der Waals surface area contributed by atoms with Gasteiger partial charge in [-0.25, -0.2) is 8.42 Å². The van der Waals surface area contributed by atoms with Crippen LogP contribution in [0.2, 0.25) is 10.0 Å². The zero-order chi connectivity index (χ0) is 12.9. The van der Waals surface area contributed by atoms with Gasteiger partial charge in [-0.2, -0.15) is 0 Å². The molecule has 0 atom stereocenters. The Morgan fingerprint density at radius 3 is 2.29 bits per heavy atom. The second kappa shape index (κ2) is 6.47. The van der Waals surface area contributed by atoms with Gasteiger partial charge in [0, 0.05) is 12.3 Å². The van der Waals surface area contributed by atoms with E-state index in [1.54, 1.807) is 18.2 Å². The van der Waals surface area contributed by atoms with Crippen molar-refractivity contribution in [2.45, 2.75) is 13.3 Å². The van der Waals surface area contributed by atoms with Crippen LogP contribution in [0.4, 0.5) is 5.69 Å². The number of anilines is 1. The summed E-state index contributed by atoms with van der Waals surface area (Å²) in [6.07, 6.45) is 0.634. The van der Waals surface area contributed by atoms with Crippen molar-refractivity contribution in [3.63, 3.8) is 0 Å². The van der Waals surface area contributed by atoms with Gasteiger partial charge in [-0.3, -0.25) is 0 Å². The number of hydrogen-bond acceptors (Lipinski definition) is 3. The average Bonchev–Trinajstić information content (AvgIpc) is 2.22. The smallest absolute Gasteiger partial charge is 0.152 e. The van der Waals surface area contributed by atoms with Gasteiger partial charge in [0.25, 0.3) is 0 Å². The van der Waals surface area contributed by atoms with Crippen LogP contribution in [0.25, 0.3) is 0 Å². The molecule has 6 heteroatoms. The highest BCUT2D eigenvalue weighted by Gasteiger charge is 2.10. The van der Waals surface area contributed by atoms with Crippen LogP contribution in [0, 0.1) is 0 Å². The van der Waals surface area contributed by atoms with Crippen molar-refractivity contribution in [3.8, 4) is 0 Å². The number of nitrogens with one attached hydrogen (secondary N) is 1. The fourth-order valence-electron chi connectivity index (χ4n) is 1.41. The third-order valence-corrected chi connectivity index (χ3v) is 4.68. The summed E-state index contributed by atoms with van der Waals surface area (Å²) in [6.45, 7) is 2.15. The zero-order valence-corrected chi connectivity index (χ0v) is 11.9. The molecule has 1 aromatic carbocycles. The Morgan fingerprint density at radius 1 is 1.18 bits per heavy atom. The maximum Gasteiger partial charge on any atom is 0.152 e. The number of halogens is 2. The zero-order valence-electron chi connectivity index (χ0n) is 9.54. The first kappa shape index (κ1) is 14.6. The van der Waals surface area contributed by atoms with Crippen molar-refractivity contribution >= 4 is 38.7 Å². The second-order valence-electron chi connectivity index (χ2n) is 3.68. The number of para-hydroxylation sites is 1. The molecule has 3 nitrogen and oxygen atoms in total. The summed E-state index contributed by atoms with van der Waals surface area (Å²) < 4.78 is 23.0. The molecule has 96 valence electrons. The van der Waals surface area contributed by atoms with Gasteiger partial charge in [-0.05, 0) is 18.6 Å². The van der Waals surface area contributed by atoms with Crippen molar-refractivity contribution in [2.24, 2.45) is 0 Å². The van der Waals surface area contributed by atoms with E-state index in [-0.39, 0.29) is 11.5 Å². The summed E-state index contributed by atoms with van der Waals surface area (Å²) >= 11 is 11.9. The maximum atomic E-state index is 11.5. The molecule has 1 aromatic rings. The molecule has 0 amide bonds. The third-order valence-electron chi connectivity index (χ3n) is 2.19. The Morgan fingerprint density at radius 2 is 1.76 bits per heavy atom. The molecule has 0 unspecified atom stereocenters. The van der Waals surface area contributed by atoms with Crippen LogP contribution in [0.15, 0.2) is 18.2 Å².